The van der Waals surface area contributed by atoms with Crippen molar-refractivity contribution in [3.8, 4) is 0 Å². The average molecular weight is 282 g/mol. The molecule has 0 spiro atoms. The van der Waals surface area contributed by atoms with Crippen molar-refractivity contribution in [3.05, 3.63) is 0 Å². The normalized spacial score (nSPS) is 33.8. The molecule has 2 aliphatic heterocycles. The fourth-order valence-corrected chi connectivity index (χ4v) is 3.55. The fraction of sp³-hybridized carbons (Fsp3) is 0.909. The van der Waals surface area contributed by atoms with Crippen LogP contribution in [0.1, 0.15) is 13.3 Å². The maximum Gasteiger partial charge on any atom is 0.404 e. The van der Waals surface area contributed by atoms with E-state index in [0.717, 1.165) is 5.75 Å². The molecular weight excluding hydrogens is 265 g/mol. The van der Waals surface area contributed by atoms with Crippen molar-refractivity contribution in [3.63, 3.8) is 0 Å². The van der Waals surface area contributed by atoms with Gasteiger partial charge < -0.3 is 10.2 Å². The number of hydrogen-bond acceptors (Lipinski definition) is 3. The van der Waals surface area contributed by atoms with Gasteiger partial charge in [0.15, 0.2) is 5.41 Å². The molecule has 0 aromatic heterocycles. The highest BCUT2D eigenvalue weighted by atomic mass is 32.2. The predicted molar refractivity (Wildman–Crippen MR) is 64.5 cm³/mol. The van der Waals surface area contributed by atoms with Gasteiger partial charge in [0.1, 0.15) is 0 Å². The summed E-state index contributed by atoms with van der Waals surface area (Å²) in [6.07, 6.45) is -4.62. The second-order valence-electron chi connectivity index (χ2n) is 4.93. The van der Waals surface area contributed by atoms with E-state index in [4.69, 9.17) is 0 Å². The number of nitrogens with zero attached hydrogens (tertiary/aromatic N) is 1. The highest BCUT2D eigenvalue weighted by Crippen LogP contribution is 2.45. The van der Waals surface area contributed by atoms with E-state index < -0.39 is 17.5 Å². The third-order valence-electron chi connectivity index (χ3n) is 3.74. The molecule has 3 nitrogen and oxygen atoms in total. The second-order valence-corrected chi connectivity index (χ2v) is 6.08. The van der Waals surface area contributed by atoms with Gasteiger partial charge in [0.25, 0.3) is 0 Å². The first-order chi connectivity index (χ1) is 8.38. The molecule has 0 saturated carbocycles. The number of hydrogen-bond donors (Lipinski definition) is 1. The van der Waals surface area contributed by atoms with Gasteiger partial charge in [-0.3, -0.25) is 4.79 Å². The van der Waals surface area contributed by atoms with E-state index in [-0.39, 0.29) is 25.6 Å². The minimum atomic E-state index is -4.47. The summed E-state index contributed by atoms with van der Waals surface area (Å²) in [5, 5.41) is 2.68. The van der Waals surface area contributed by atoms with E-state index in [2.05, 4.69) is 5.32 Å². The molecule has 0 bridgehead atoms. The van der Waals surface area contributed by atoms with E-state index in [1.165, 1.54) is 4.90 Å². The van der Waals surface area contributed by atoms with Crippen LogP contribution in [0, 0.1) is 5.41 Å². The maximum absolute atomic E-state index is 13.3. The number of amides is 1. The van der Waals surface area contributed by atoms with Gasteiger partial charge in [0.2, 0.25) is 5.91 Å². The lowest BCUT2D eigenvalue weighted by Crippen LogP contribution is -2.57. The molecule has 1 N–H and O–H groups in total. The summed E-state index contributed by atoms with van der Waals surface area (Å²) in [6.45, 7) is 2.20. The van der Waals surface area contributed by atoms with Crippen molar-refractivity contribution in [2.45, 2.75) is 25.6 Å². The van der Waals surface area contributed by atoms with E-state index >= 15 is 0 Å². The Labute approximate surface area is 108 Å². The van der Waals surface area contributed by atoms with Gasteiger partial charge >= 0.3 is 6.18 Å². The smallest absolute Gasteiger partial charge is 0.338 e. The Balaban J connectivity index is 2.23. The van der Waals surface area contributed by atoms with Crippen LogP contribution in [0.15, 0.2) is 0 Å². The lowest BCUT2D eigenvalue weighted by atomic mass is 9.84. The number of rotatable bonds is 1. The Morgan fingerprint density at radius 2 is 2.22 bits per heavy atom. The number of carbonyl (C=O) groups excluding carboxylic acids is 1. The monoisotopic (exact) mass is 282 g/mol. The molecule has 2 heterocycles. The molecule has 0 aliphatic carbocycles. The van der Waals surface area contributed by atoms with Gasteiger partial charge in [-0.05, 0) is 19.9 Å². The lowest BCUT2D eigenvalue weighted by Gasteiger charge is -2.40. The van der Waals surface area contributed by atoms with Gasteiger partial charge in [0.05, 0.1) is 0 Å². The molecule has 0 aromatic rings. The van der Waals surface area contributed by atoms with Crippen molar-refractivity contribution < 1.29 is 18.0 Å². The van der Waals surface area contributed by atoms with Crippen LogP contribution in [0.3, 0.4) is 0 Å². The van der Waals surface area contributed by atoms with Gasteiger partial charge in [0, 0.05) is 30.6 Å². The number of carbonyl (C=O) groups is 1. The van der Waals surface area contributed by atoms with Crippen LogP contribution < -0.4 is 5.32 Å². The summed E-state index contributed by atoms with van der Waals surface area (Å²) in [6, 6.07) is -0.115. The first-order valence-corrected chi connectivity index (χ1v) is 7.20. The zero-order valence-corrected chi connectivity index (χ0v) is 11.0. The van der Waals surface area contributed by atoms with E-state index in [1.54, 1.807) is 11.8 Å². The first kappa shape index (κ1) is 14.0. The summed E-state index contributed by atoms with van der Waals surface area (Å²) < 4.78 is 39.8. The molecule has 2 fully saturated rings. The van der Waals surface area contributed by atoms with E-state index in [0.29, 0.717) is 12.3 Å². The Kier molecular flexibility index (Phi) is 3.82. The summed E-state index contributed by atoms with van der Waals surface area (Å²) in [4.78, 5) is 13.7. The molecule has 1 amide bonds. The number of thioether (sulfide) groups is 1. The number of halogens is 3. The van der Waals surface area contributed by atoms with Crippen LogP contribution in [0.4, 0.5) is 13.2 Å². The summed E-state index contributed by atoms with van der Waals surface area (Å²) in [5.74, 6) is 0.692. The van der Waals surface area contributed by atoms with Gasteiger partial charge in [-0.25, -0.2) is 0 Å². The van der Waals surface area contributed by atoms with Gasteiger partial charge in [-0.2, -0.15) is 24.9 Å². The highest BCUT2D eigenvalue weighted by molar-refractivity contribution is 7.99. The number of nitrogens with one attached hydrogen (secondary N) is 1. The van der Waals surface area contributed by atoms with E-state index in [9.17, 15) is 18.0 Å². The standard InChI is InChI=1S/C11H17F3N2OS/c1-8-6-18-5-4-16(8)9(17)10(11(12,13)14)2-3-15-7-10/h8,15H,2-7H2,1H3. The van der Waals surface area contributed by atoms with Crippen LogP contribution in [-0.4, -0.2) is 54.2 Å². The third-order valence-corrected chi connectivity index (χ3v) is 4.93. The van der Waals surface area contributed by atoms with Crippen LogP contribution >= 0.6 is 11.8 Å². The fourth-order valence-electron chi connectivity index (χ4n) is 2.54. The van der Waals surface area contributed by atoms with Crippen LogP contribution in [0.5, 0.6) is 0 Å². The lowest BCUT2D eigenvalue weighted by molar-refractivity contribution is -0.222. The zero-order valence-electron chi connectivity index (χ0n) is 10.2. The largest absolute Gasteiger partial charge is 0.404 e. The van der Waals surface area contributed by atoms with Crippen LogP contribution in [-0.2, 0) is 4.79 Å². The SMILES string of the molecule is CC1CSCCN1C(=O)C1(C(F)(F)F)CCNC1. The van der Waals surface area contributed by atoms with E-state index in [1.807, 2.05) is 6.92 Å². The molecular formula is C11H17F3N2OS. The Morgan fingerprint density at radius 1 is 1.50 bits per heavy atom. The Hall–Kier alpha value is -0.430. The molecule has 2 atom stereocenters. The van der Waals surface area contributed by atoms with Crippen molar-refractivity contribution in [1.29, 1.82) is 0 Å². The molecule has 18 heavy (non-hydrogen) atoms. The van der Waals surface area contributed by atoms with Crippen molar-refractivity contribution in [1.82, 2.24) is 10.2 Å². The highest BCUT2D eigenvalue weighted by Gasteiger charge is 2.62. The number of alkyl halides is 3. The average Bonchev–Trinajstić information content (AvgIpc) is 2.78. The molecule has 2 unspecified atom stereocenters. The minimum absolute atomic E-state index is 0.115. The molecule has 104 valence electrons. The maximum atomic E-state index is 13.3. The zero-order chi connectivity index (χ0) is 13.4. The minimum Gasteiger partial charge on any atom is -0.338 e. The second kappa shape index (κ2) is 4.92. The molecule has 0 aromatic carbocycles. The third kappa shape index (κ3) is 2.22. The Bertz CT molecular complexity index is 329. The van der Waals surface area contributed by atoms with Crippen molar-refractivity contribution >= 4 is 17.7 Å². The Morgan fingerprint density at radius 3 is 2.72 bits per heavy atom. The summed E-state index contributed by atoms with van der Waals surface area (Å²) >= 11 is 1.68. The molecule has 0 radical (unpaired) electrons. The molecule has 2 aliphatic rings. The molecule has 2 saturated heterocycles. The topological polar surface area (TPSA) is 32.3 Å². The molecule has 2 rings (SSSR count). The first-order valence-electron chi connectivity index (χ1n) is 6.05. The van der Waals surface area contributed by atoms with Crippen molar-refractivity contribution in [2.24, 2.45) is 5.41 Å². The molecule has 7 heteroatoms. The summed E-state index contributed by atoms with van der Waals surface area (Å²) in [5.41, 5.74) is -2.21. The van der Waals surface area contributed by atoms with Gasteiger partial charge in [-0.1, -0.05) is 0 Å². The van der Waals surface area contributed by atoms with Crippen LogP contribution in [0.2, 0.25) is 0 Å². The van der Waals surface area contributed by atoms with Crippen molar-refractivity contribution in [2.75, 3.05) is 31.1 Å². The van der Waals surface area contributed by atoms with Crippen LogP contribution in [0.25, 0.3) is 0 Å². The quantitative estimate of drug-likeness (QED) is 0.791. The predicted octanol–water partition coefficient (Wildman–Crippen LogP) is 1.49. The summed E-state index contributed by atoms with van der Waals surface area (Å²) in [7, 11) is 0. The van der Waals surface area contributed by atoms with Gasteiger partial charge in [-0.15, -0.1) is 0 Å².